The van der Waals surface area contributed by atoms with Crippen molar-refractivity contribution in [3.8, 4) is 22.9 Å². The third-order valence-corrected chi connectivity index (χ3v) is 4.47. The third kappa shape index (κ3) is 3.91. The number of rotatable bonds is 6. The van der Waals surface area contributed by atoms with Crippen LogP contribution >= 0.6 is 11.6 Å². The summed E-state index contributed by atoms with van der Waals surface area (Å²) in [6.45, 7) is 2.96. The largest absolute Gasteiger partial charge is 0.490 e. The van der Waals surface area contributed by atoms with Crippen LogP contribution in [0.25, 0.3) is 22.4 Å². The van der Waals surface area contributed by atoms with Gasteiger partial charge in [-0.3, -0.25) is 0 Å². The van der Waals surface area contributed by atoms with Crippen LogP contribution in [0, 0.1) is 0 Å². The summed E-state index contributed by atoms with van der Waals surface area (Å²) in [6, 6.07) is 21.4. The van der Waals surface area contributed by atoms with Crippen LogP contribution in [0.1, 0.15) is 12.5 Å². The summed E-state index contributed by atoms with van der Waals surface area (Å²) in [6.07, 6.45) is 0. The van der Waals surface area contributed by atoms with E-state index in [4.69, 9.17) is 21.1 Å². The Bertz CT molecular complexity index is 1020. The second-order valence-electron chi connectivity index (χ2n) is 6.11. The van der Waals surface area contributed by atoms with Gasteiger partial charge in [-0.2, -0.15) is 0 Å². The highest BCUT2D eigenvalue weighted by atomic mass is 35.5. The number of nitrogens with zero attached hydrogens (tertiary/aromatic N) is 1. The minimum absolute atomic E-state index is 0.446. The molecule has 0 aliphatic heterocycles. The lowest BCUT2D eigenvalue weighted by atomic mass is 10.2. The molecule has 27 heavy (non-hydrogen) atoms. The summed E-state index contributed by atoms with van der Waals surface area (Å²) in [5.41, 5.74) is 3.94. The average Bonchev–Trinajstić information content (AvgIpc) is 3.13. The van der Waals surface area contributed by atoms with Crippen LogP contribution in [-0.4, -0.2) is 16.6 Å². The predicted molar refractivity (Wildman–Crippen MR) is 108 cm³/mol. The van der Waals surface area contributed by atoms with Gasteiger partial charge in [0.1, 0.15) is 12.4 Å². The quantitative estimate of drug-likeness (QED) is 0.457. The maximum atomic E-state index is 5.97. The maximum absolute atomic E-state index is 5.97. The van der Waals surface area contributed by atoms with E-state index in [-0.39, 0.29) is 0 Å². The zero-order valence-electron chi connectivity index (χ0n) is 14.9. The van der Waals surface area contributed by atoms with Gasteiger partial charge < -0.3 is 14.5 Å². The molecule has 0 atom stereocenters. The number of imidazole rings is 1. The van der Waals surface area contributed by atoms with Gasteiger partial charge in [0.05, 0.1) is 17.6 Å². The minimum atomic E-state index is 0.446. The van der Waals surface area contributed by atoms with Gasteiger partial charge in [-0.05, 0) is 55.0 Å². The fourth-order valence-electron chi connectivity index (χ4n) is 2.87. The van der Waals surface area contributed by atoms with Crippen LogP contribution in [-0.2, 0) is 6.61 Å². The molecule has 0 aliphatic carbocycles. The predicted octanol–water partition coefficient (Wildman–Crippen LogP) is 5.86. The first kappa shape index (κ1) is 17.4. The van der Waals surface area contributed by atoms with E-state index < -0.39 is 0 Å². The fourth-order valence-corrected chi connectivity index (χ4v) is 3.00. The lowest BCUT2D eigenvalue weighted by Crippen LogP contribution is -2.00. The number of aromatic nitrogens is 2. The maximum Gasteiger partial charge on any atom is 0.161 e. The van der Waals surface area contributed by atoms with Crippen LogP contribution in [0.2, 0.25) is 5.02 Å². The van der Waals surface area contributed by atoms with Crippen molar-refractivity contribution >= 4 is 22.6 Å². The van der Waals surface area contributed by atoms with Crippen molar-refractivity contribution in [2.45, 2.75) is 13.5 Å². The number of para-hydroxylation sites is 2. The Morgan fingerprint density at radius 2 is 1.74 bits per heavy atom. The van der Waals surface area contributed by atoms with Gasteiger partial charge in [-0.15, -0.1) is 0 Å². The van der Waals surface area contributed by atoms with Crippen molar-refractivity contribution in [1.82, 2.24) is 9.97 Å². The van der Waals surface area contributed by atoms with Crippen LogP contribution in [0.5, 0.6) is 11.5 Å². The molecule has 3 aromatic carbocycles. The Morgan fingerprint density at radius 1 is 0.926 bits per heavy atom. The first-order valence-corrected chi connectivity index (χ1v) is 9.20. The number of ether oxygens (including phenoxy) is 2. The van der Waals surface area contributed by atoms with Crippen molar-refractivity contribution in [3.63, 3.8) is 0 Å². The van der Waals surface area contributed by atoms with Crippen LogP contribution in [0.15, 0.2) is 66.7 Å². The van der Waals surface area contributed by atoms with Crippen molar-refractivity contribution in [2.75, 3.05) is 6.61 Å². The zero-order valence-corrected chi connectivity index (χ0v) is 15.7. The molecule has 1 aromatic heterocycles. The van der Waals surface area contributed by atoms with Gasteiger partial charge in [-0.25, -0.2) is 4.98 Å². The van der Waals surface area contributed by atoms with E-state index in [0.717, 1.165) is 28.0 Å². The first-order chi connectivity index (χ1) is 13.2. The molecule has 0 saturated heterocycles. The molecule has 0 radical (unpaired) electrons. The molecule has 0 bridgehead atoms. The Balaban J connectivity index is 1.60. The van der Waals surface area contributed by atoms with Gasteiger partial charge in [0.25, 0.3) is 0 Å². The number of hydrogen-bond donors (Lipinski definition) is 1. The molecule has 1 heterocycles. The second-order valence-corrected chi connectivity index (χ2v) is 6.55. The van der Waals surface area contributed by atoms with Gasteiger partial charge in [0.15, 0.2) is 11.5 Å². The minimum Gasteiger partial charge on any atom is -0.490 e. The molecule has 1 N–H and O–H groups in total. The van der Waals surface area contributed by atoms with Gasteiger partial charge in [-0.1, -0.05) is 35.9 Å². The highest BCUT2D eigenvalue weighted by Crippen LogP contribution is 2.33. The van der Waals surface area contributed by atoms with E-state index in [9.17, 15) is 0 Å². The molecule has 0 amide bonds. The van der Waals surface area contributed by atoms with Crippen molar-refractivity contribution in [2.24, 2.45) is 0 Å². The van der Waals surface area contributed by atoms with Crippen molar-refractivity contribution in [1.29, 1.82) is 0 Å². The van der Waals surface area contributed by atoms with Crippen LogP contribution in [0.4, 0.5) is 0 Å². The Morgan fingerprint density at radius 3 is 2.52 bits per heavy atom. The molecule has 0 aliphatic rings. The molecule has 0 unspecified atom stereocenters. The van der Waals surface area contributed by atoms with Gasteiger partial charge in [0, 0.05) is 10.6 Å². The smallest absolute Gasteiger partial charge is 0.161 e. The number of aromatic amines is 1. The highest BCUT2D eigenvalue weighted by Gasteiger charge is 2.11. The zero-order chi connectivity index (χ0) is 18.6. The van der Waals surface area contributed by atoms with Crippen molar-refractivity contribution < 1.29 is 9.47 Å². The molecule has 0 saturated carbocycles. The van der Waals surface area contributed by atoms with E-state index >= 15 is 0 Å². The number of benzene rings is 3. The summed E-state index contributed by atoms with van der Waals surface area (Å²) < 4.78 is 11.8. The van der Waals surface area contributed by atoms with Crippen molar-refractivity contribution in [3.05, 3.63) is 77.3 Å². The van der Waals surface area contributed by atoms with Crippen LogP contribution in [0.3, 0.4) is 0 Å². The molecule has 0 spiro atoms. The molecule has 4 aromatic rings. The number of nitrogens with one attached hydrogen (secondary N) is 1. The Hall–Kier alpha value is -2.98. The number of halogens is 1. The average molecular weight is 379 g/mol. The second kappa shape index (κ2) is 7.72. The Labute approximate surface area is 162 Å². The fraction of sp³-hybridized carbons (Fsp3) is 0.136. The van der Waals surface area contributed by atoms with E-state index in [1.54, 1.807) is 0 Å². The molecular weight excluding hydrogens is 360 g/mol. The monoisotopic (exact) mass is 378 g/mol. The molecular formula is C22H19ClN2O2. The summed E-state index contributed by atoms with van der Waals surface area (Å²) in [5, 5.41) is 0.712. The van der Waals surface area contributed by atoms with E-state index in [1.807, 2.05) is 73.7 Å². The molecule has 0 fully saturated rings. The standard InChI is InChI=1S/C22H19ClN2O2/c1-2-26-21-13-16(22-24-18-5-3-4-6-19(18)25-22)9-12-20(21)27-14-15-7-10-17(23)11-8-15/h3-13H,2,14H2,1H3,(H,24,25). The lowest BCUT2D eigenvalue weighted by Gasteiger charge is -2.13. The topological polar surface area (TPSA) is 47.1 Å². The van der Waals surface area contributed by atoms with E-state index in [1.165, 1.54) is 0 Å². The molecule has 4 rings (SSSR count). The molecule has 136 valence electrons. The SMILES string of the molecule is CCOc1cc(-c2nc3ccccc3[nH]2)ccc1OCc1ccc(Cl)cc1. The highest BCUT2D eigenvalue weighted by molar-refractivity contribution is 6.30. The van der Waals surface area contributed by atoms with Gasteiger partial charge >= 0.3 is 0 Å². The Kier molecular flexibility index (Phi) is 4.99. The van der Waals surface area contributed by atoms with E-state index in [2.05, 4.69) is 9.97 Å². The summed E-state index contributed by atoms with van der Waals surface area (Å²) in [5.74, 6) is 2.21. The number of hydrogen-bond acceptors (Lipinski definition) is 3. The normalized spacial score (nSPS) is 10.9. The van der Waals surface area contributed by atoms with Gasteiger partial charge in [0.2, 0.25) is 0 Å². The summed E-state index contributed by atoms with van der Waals surface area (Å²) in [4.78, 5) is 8.00. The molecule has 5 heteroatoms. The number of H-pyrrole nitrogens is 1. The first-order valence-electron chi connectivity index (χ1n) is 8.82. The lowest BCUT2D eigenvalue weighted by molar-refractivity contribution is 0.269. The molecule has 4 nitrogen and oxygen atoms in total. The van der Waals surface area contributed by atoms with Crippen LogP contribution < -0.4 is 9.47 Å². The summed E-state index contributed by atoms with van der Waals surface area (Å²) in [7, 11) is 0. The summed E-state index contributed by atoms with van der Waals surface area (Å²) >= 11 is 5.93. The van der Waals surface area contributed by atoms with E-state index in [0.29, 0.717) is 29.7 Å². The number of fused-ring (bicyclic) bond motifs is 1. The third-order valence-electron chi connectivity index (χ3n) is 4.21.